The van der Waals surface area contributed by atoms with Gasteiger partial charge in [0.25, 0.3) is 6.08 Å². The molecule has 0 N–H and O–H groups in total. The Morgan fingerprint density at radius 1 is 1.38 bits per heavy atom. The summed E-state index contributed by atoms with van der Waals surface area (Å²) in [6, 6.07) is 5.06. The van der Waals surface area contributed by atoms with Crippen LogP contribution in [0.25, 0.3) is 6.08 Å². The largest absolute Gasteiger partial charge is 0.463 e. The number of hydrogen-bond donors (Lipinski definition) is 0. The van der Waals surface area contributed by atoms with Crippen LogP contribution in [0.5, 0.6) is 5.75 Å². The summed E-state index contributed by atoms with van der Waals surface area (Å²) in [6.07, 6.45) is -0.901. The van der Waals surface area contributed by atoms with Crippen molar-refractivity contribution in [3.05, 3.63) is 35.4 Å². The van der Waals surface area contributed by atoms with Crippen molar-refractivity contribution in [3.8, 4) is 5.75 Å². The number of benzene rings is 1. The summed E-state index contributed by atoms with van der Waals surface area (Å²) in [4.78, 5) is 0. The third-order valence-electron chi connectivity index (χ3n) is 2.35. The third-order valence-corrected chi connectivity index (χ3v) is 2.35. The second kappa shape index (κ2) is 3.87. The Labute approximate surface area is 92.5 Å². The Morgan fingerprint density at radius 3 is 2.81 bits per heavy atom. The molecule has 0 saturated carbocycles. The van der Waals surface area contributed by atoms with E-state index in [1.807, 2.05) is 0 Å². The Balaban J connectivity index is 2.43. The molecule has 4 heteroatoms. The van der Waals surface area contributed by atoms with Gasteiger partial charge in [0.15, 0.2) is 0 Å². The topological polar surface area (TPSA) is 18.5 Å². The van der Waals surface area contributed by atoms with Crippen LogP contribution in [-0.4, -0.2) is 5.79 Å². The first-order chi connectivity index (χ1) is 7.48. The highest BCUT2D eigenvalue weighted by molar-refractivity contribution is 5.58. The molecule has 2 nitrogen and oxygen atoms in total. The van der Waals surface area contributed by atoms with Gasteiger partial charge in [0.2, 0.25) is 5.79 Å². The zero-order chi connectivity index (χ0) is 11.8. The molecule has 1 aromatic carbocycles. The average Bonchev–Trinajstić information content (AvgIpc) is 2.15. The van der Waals surface area contributed by atoms with Crippen LogP contribution in [0.4, 0.5) is 8.78 Å². The SMILES string of the molecule is CC1(C)OCc2c(C=C(F)F)cccc2O1. The van der Waals surface area contributed by atoms with E-state index in [-0.39, 0.29) is 6.61 Å². The molecule has 0 radical (unpaired) electrons. The summed E-state index contributed by atoms with van der Waals surface area (Å²) < 4.78 is 35.4. The molecule has 0 atom stereocenters. The molecule has 0 saturated heterocycles. The normalized spacial score (nSPS) is 17.2. The summed E-state index contributed by atoms with van der Waals surface area (Å²) in [5, 5.41) is 0. The fraction of sp³-hybridized carbons (Fsp3) is 0.333. The summed E-state index contributed by atoms with van der Waals surface area (Å²) in [7, 11) is 0. The predicted molar refractivity (Wildman–Crippen MR) is 56.1 cm³/mol. The van der Waals surface area contributed by atoms with Crippen LogP contribution >= 0.6 is 0 Å². The number of rotatable bonds is 1. The van der Waals surface area contributed by atoms with Crippen molar-refractivity contribution >= 4 is 6.08 Å². The van der Waals surface area contributed by atoms with Crippen molar-refractivity contribution < 1.29 is 18.3 Å². The minimum Gasteiger partial charge on any atom is -0.463 e. The van der Waals surface area contributed by atoms with Gasteiger partial charge in [-0.15, -0.1) is 0 Å². The lowest BCUT2D eigenvalue weighted by molar-refractivity contribution is -0.180. The smallest absolute Gasteiger partial charge is 0.270 e. The molecular formula is C12H12F2O2. The van der Waals surface area contributed by atoms with Crippen LogP contribution in [-0.2, 0) is 11.3 Å². The van der Waals surface area contributed by atoms with Gasteiger partial charge >= 0.3 is 0 Å². The first kappa shape index (κ1) is 11.1. The summed E-state index contributed by atoms with van der Waals surface area (Å²) in [5.74, 6) is -0.102. The van der Waals surface area contributed by atoms with Crippen molar-refractivity contribution in [1.82, 2.24) is 0 Å². The minimum atomic E-state index is -1.72. The second-order valence-corrected chi connectivity index (χ2v) is 4.05. The second-order valence-electron chi connectivity index (χ2n) is 4.05. The fourth-order valence-electron chi connectivity index (χ4n) is 1.63. The van der Waals surface area contributed by atoms with Gasteiger partial charge < -0.3 is 9.47 Å². The van der Waals surface area contributed by atoms with Crippen LogP contribution in [0.15, 0.2) is 24.3 Å². The van der Waals surface area contributed by atoms with Gasteiger partial charge in [-0.1, -0.05) is 12.1 Å². The maximum Gasteiger partial charge on any atom is 0.270 e. The Bertz CT molecular complexity index is 435. The Morgan fingerprint density at radius 2 is 2.12 bits per heavy atom. The summed E-state index contributed by atoms with van der Waals surface area (Å²) in [6.45, 7) is 3.85. The molecule has 0 unspecified atom stereocenters. The minimum absolute atomic E-state index is 0.280. The first-order valence-corrected chi connectivity index (χ1v) is 4.95. The zero-order valence-electron chi connectivity index (χ0n) is 9.09. The van der Waals surface area contributed by atoms with E-state index in [0.29, 0.717) is 16.9 Å². The van der Waals surface area contributed by atoms with Gasteiger partial charge in [-0.05, 0) is 11.6 Å². The highest BCUT2D eigenvalue weighted by Gasteiger charge is 2.28. The number of ether oxygens (including phenoxy) is 2. The molecule has 1 aliphatic rings. The molecule has 0 bridgehead atoms. The molecule has 0 amide bonds. The van der Waals surface area contributed by atoms with Gasteiger partial charge in [-0.2, -0.15) is 8.78 Å². The van der Waals surface area contributed by atoms with Crippen LogP contribution in [0.2, 0.25) is 0 Å². The monoisotopic (exact) mass is 226 g/mol. The van der Waals surface area contributed by atoms with Crippen LogP contribution in [0, 0.1) is 0 Å². The summed E-state index contributed by atoms with van der Waals surface area (Å²) >= 11 is 0. The average molecular weight is 226 g/mol. The van der Waals surface area contributed by atoms with E-state index < -0.39 is 11.9 Å². The standard InChI is InChI=1S/C12H12F2O2/c1-12(2)15-7-9-8(6-11(13)14)4-3-5-10(9)16-12/h3-6H,7H2,1-2H3. The van der Waals surface area contributed by atoms with Gasteiger partial charge in [-0.3, -0.25) is 0 Å². The van der Waals surface area contributed by atoms with Crippen molar-refractivity contribution in [2.45, 2.75) is 26.2 Å². The van der Waals surface area contributed by atoms with Gasteiger partial charge in [0.1, 0.15) is 5.75 Å². The quantitative estimate of drug-likeness (QED) is 0.728. The van der Waals surface area contributed by atoms with E-state index in [2.05, 4.69) is 0 Å². The van der Waals surface area contributed by atoms with E-state index in [4.69, 9.17) is 9.47 Å². The lowest BCUT2D eigenvalue weighted by atomic mass is 10.1. The fourth-order valence-corrected chi connectivity index (χ4v) is 1.63. The van der Waals surface area contributed by atoms with Gasteiger partial charge in [0, 0.05) is 25.5 Å². The highest BCUT2D eigenvalue weighted by atomic mass is 19.3. The number of hydrogen-bond acceptors (Lipinski definition) is 2. The van der Waals surface area contributed by atoms with E-state index in [9.17, 15) is 8.78 Å². The maximum absolute atomic E-state index is 12.2. The van der Waals surface area contributed by atoms with E-state index in [1.54, 1.807) is 32.0 Å². The molecule has 2 rings (SSSR count). The molecule has 86 valence electrons. The molecule has 1 aromatic rings. The molecule has 0 spiro atoms. The predicted octanol–water partition coefficient (Wildman–Crippen LogP) is 3.57. The maximum atomic E-state index is 12.2. The Kier molecular flexibility index (Phi) is 2.68. The number of halogens is 2. The van der Waals surface area contributed by atoms with Crippen molar-refractivity contribution in [1.29, 1.82) is 0 Å². The van der Waals surface area contributed by atoms with Crippen LogP contribution < -0.4 is 4.74 Å². The molecular weight excluding hydrogens is 214 g/mol. The molecule has 0 aliphatic carbocycles. The lowest BCUT2D eigenvalue weighted by Crippen LogP contribution is -2.35. The molecule has 1 aliphatic heterocycles. The first-order valence-electron chi connectivity index (χ1n) is 4.95. The summed E-state index contributed by atoms with van der Waals surface area (Å²) in [5.41, 5.74) is 1.10. The lowest BCUT2D eigenvalue weighted by Gasteiger charge is -2.33. The highest BCUT2D eigenvalue weighted by Crippen LogP contribution is 2.34. The van der Waals surface area contributed by atoms with Gasteiger partial charge in [0.05, 0.1) is 6.61 Å². The van der Waals surface area contributed by atoms with Gasteiger partial charge in [-0.25, -0.2) is 0 Å². The number of fused-ring (bicyclic) bond motifs is 1. The van der Waals surface area contributed by atoms with Crippen LogP contribution in [0.1, 0.15) is 25.0 Å². The van der Waals surface area contributed by atoms with E-state index in [0.717, 1.165) is 6.08 Å². The molecule has 16 heavy (non-hydrogen) atoms. The molecule has 1 heterocycles. The zero-order valence-corrected chi connectivity index (χ0v) is 9.09. The van der Waals surface area contributed by atoms with E-state index in [1.165, 1.54) is 0 Å². The van der Waals surface area contributed by atoms with Crippen molar-refractivity contribution in [2.24, 2.45) is 0 Å². The van der Waals surface area contributed by atoms with Crippen molar-refractivity contribution in [2.75, 3.05) is 0 Å². The van der Waals surface area contributed by atoms with Crippen molar-refractivity contribution in [3.63, 3.8) is 0 Å². The third kappa shape index (κ3) is 2.22. The Hall–Kier alpha value is -1.42. The molecule has 0 fully saturated rings. The van der Waals surface area contributed by atoms with E-state index >= 15 is 0 Å². The molecule has 0 aromatic heterocycles. The van der Waals surface area contributed by atoms with Crippen LogP contribution in [0.3, 0.4) is 0 Å².